The van der Waals surface area contributed by atoms with E-state index in [1.807, 2.05) is 18.0 Å². The van der Waals surface area contributed by atoms with Crippen molar-refractivity contribution in [1.82, 2.24) is 4.90 Å². The van der Waals surface area contributed by atoms with E-state index in [0.29, 0.717) is 18.7 Å². The van der Waals surface area contributed by atoms with Crippen molar-refractivity contribution >= 4 is 24.5 Å². The molecular formula is C16H22ClNO5. The molecule has 1 aliphatic rings. The molecule has 1 saturated heterocycles. The molecule has 0 amide bonds. The molecule has 1 aliphatic heterocycles. The number of halogens is 1. The molecular weight excluding hydrogens is 322 g/mol. The van der Waals surface area contributed by atoms with Gasteiger partial charge in [0.05, 0.1) is 7.11 Å². The summed E-state index contributed by atoms with van der Waals surface area (Å²) >= 11 is 0. The molecule has 2 unspecified atom stereocenters. The Morgan fingerprint density at radius 1 is 1.26 bits per heavy atom. The number of methoxy groups -OCH3 is 1. The second-order valence-corrected chi connectivity index (χ2v) is 5.67. The molecule has 0 aliphatic carbocycles. The van der Waals surface area contributed by atoms with Crippen LogP contribution >= 0.6 is 12.4 Å². The lowest BCUT2D eigenvalue weighted by Crippen LogP contribution is -2.54. The smallest absolute Gasteiger partial charge is 0.469 e. The number of piperidine rings is 1. The Kier molecular flexibility index (Phi) is 6.84. The SMILES string of the molecule is COC(=O)C1CN(C)CCC1(C)OC(=O)Oc1ccccc1.Cl. The molecule has 128 valence electrons. The molecule has 0 N–H and O–H groups in total. The summed E-state index contributed by atoms with van der Waals surface area (Å²) in [6, 6.07) is 8.67. The van der Waals surface area contributed by atoms with Crippen LogP contribution in [0.1, 0.15) is 13.3 Å². The zero-order valence-electron chi connectivity index (χ0n) is 13.5. The van der Waals surface area contributed by atoms with Gasteiger partial charge in [-0.15, -0.1) is 12.4 Å². The maximum atomic E-state index is 12.0. The van der Waals surface area contributed by atoms with Gasteiger partial charge in [-0.1, -0.05) is 18.2 Å². The fourth-order valence-corrected chi connectivity index (χ4v) is 2.57. The Balaban J connectivity index is 0.00000264. The minimum atomic E-state index is -0.939. The third-order valence-corrected chi connectivity index (χ3v) is 3.97. The first-order valence-corrected chi connectivity index (χ1v) is 7.17. The molecule has 1 aromatic rings. The van der Waals surface area contributed by atoms with Crippen molar-refractivity contribution < 1.29 is 23.8 Å². The number of likely N-dealkylation sites (tertiary alicyclic amines) is 1. The Morgan fingerprint density at radius 3 is 2.52 bits per heavy atom. The van der Waals surface area contributed by atoms with Crippen molar-refractivity contribution in [3.8, 4) is 5.75 Å². The van der Waals surface area contributed by atoms with Crippen LogP contribution in [0.15, 0.2) is 30.3 Å². The lowest BCUT2D eigenvalue weighted by Gasteiger charge is -2.41. The average Bonchev–Trinajstić information content (AvgIpc) is 2.50. The minimum absolute atomic E-state index is 0. The number of nitrogens with zero attached hydrogens (tertiary/aromatic N) is 1. The van der Waals surface area contributed by atoms with Gasteiger partial charge < -0.3 is 19.1 Å². The Labute approximate surface area is 142 Å². The third-order valence-electron chi connectivity index (χ3n) is 3.97. The van der Waals surface area contributed by atoms with E-state index < -0.39 is 17.7 Å². The normalized spacial score (nSPS) is 24.2. The summed E-state index contributed by atoms with van der Waals surface area (Å²) in [5.74, 6) is -0.528. The van der Waals surface area contributed by atoms with Gasteiger partial charge in [-0.2, -0.15) is 0 Å². The summed E-state index contributed by atoms with van der Waals surface area (Å²) in [5, 5.41) is 0. The van der Waals surface area contributed by atoms with Crippen molar-refractivity contribution in [1.29, 1.82) is 0 Å². The van der Waals surface area contributed by atoms with Crippen LogP contribution < -0.4 is 4.74 Å². The average molecular weight is 344 g/mol. The van der Waals surface area contributed by atoms with E-state index >= 15 is 0 Å². The topological polar surface area (TPSA) is 65.1 Å². The summed E-state index contributed by atoms with van der Waals surface area (Å²) in [7, 11) is 3.25. The van der Waals surface area contributed by atoms with Crippen LogP contribution in [-0.2, 0) is 14.3 Å². The first kappa shape index (κ1) is 19.3. The maximum absolute atomic E-state index is 12.0. The van der Waals surface area contributed by atoms with E-state index in [1.54, 1.807) is 31.2 Å². The molecule has 0 saturated carbocycles. The highest BCUT2D eigenvalue weighted by molar-refractivity contribution is 5.85. The van der Waals surface area contributed by atoms with Crippen LogP contribution in [0.5, 0.6) is 5.75 Å². The predicted molar refractivity (Wildman–Crippen MR) is 86.8 cm³/mol. The zero-order chi connectivity index (χ0) is 16.2. The minimum Gasteiger partial charge on any atom is -0.469 e. The van der Waals surface area contributed by atoms with Gasteiger partial charge in [0.25, 0.3) is 0 Å². The van der Waals surface area contributed by atoms with Crippen LogP contribution in [0.25, 0.3) is 0 Å². The number of benzene rings is 1. The van der Waals surface area contributed by atoms with E-state index in [2.05, 4.69) is 0 Å². The van der Waals surface area contributed by atoms with E-state index in [-0.39, 0.29) is 18.4 Å². The number of ether oxygens (including phenoxy) is 3. The first-order valence-electron chi connectivity index (χ1n) is 7.17. The molecule has 0 bridgehead atoms. The summed E-state index contributed by atoms with van der Waals surface area (Å²) in [6.45, 7) is 2.94. The lowest BCUT2D eigenvalue weighted by atomic mass is 9.82. The predicted octanol–water partition coefficient (Wildman–Crippen LogP) is 2.51. The monoisotopic (exact) mass is 343 g/mol. The number of carbonyl (C=O) groups excluding carboxylic acids is 2. The molecule has 7 heteroatoms. The highest BCUT2D eigenvalue weighted by Gasteiger charge is 2.47. The summed E-state index contributed by atoms with van der Waals surface area (Å²) in [6.07, 6.45) is -0.278. The van der Waals surface area contributed by atoms with Gasteiger partial charge in [-0.25, -0.2) is 4.79 Å². The van der Waals surface area contributed by atoms with E-state index in [1.165, 1.54) is 7.11 Å². The van der Waals surface area contributed by atoms with Crippen LogP contribution in [0, 0.1) is 5.92 Å². The van der Waals surface area contributed by atoms with E-state index in [9.17, 15) is 9.59 Å². The Morgan fingerprint density at radius 2 is 1.91 bits per heavy atom. The number of hydrogen-bond donors (Lipinski definition) is 0. The van der Waals surface area contributed by atoms with Gasteiger partial charge >= 0.3 is 12.1 Å². The molecule has 2 rings (SSSR count). The van der Waals surface area contributed by atoms with Gasteiger partial charge in [-0.05, 0) is 26.1 Å². The Hall–Kier alpha value is -1.79. The summed E-state index contributed by atoms with van der Waals surface area (Å²) in [5.41, 5.74) is -0.939. The van der Waals surface area contributed by atoms with Gasteiger partial charge in [0.15, 0.2) is 0 Å². The van der Waals surface area contributed by atoms with Gasteiger partial charge in [0.1, 0.15) is 17.3 Å². The van der Waals surface area contributed by atoms with Crippen molar-refractivity contribution in [2.45, 2.75) is 18.9 Å². The highest BCUT2D eigenvalue weighted by Crippen LogP contribution is 2.32. The molecule has 0 radical (unpaired) electrons. The zero-order valence-corrected chi connectivity index (χ0v) is 14.3. The molecule has 0 aromatic heterocycles. The molecule has 1 fully saturated rings. The number of para-hydroxylation sites is 1. The van der Waals surface area contributed by atoms with E-state index in [0.717, 1.165) is 6.54 Å². The molecule has 1 aromatic carbocycles. The van der Waals surface area contributed by atoms with Crippen molar-refractivity contribution in [3.05, 3.63) is 30.3 Å². The maximum Gasteiger partial charge on any atom is 0.514 e. The number of esters is 1. The number of rotatable bonds is 3. The fraction of sp³-hybridized carbons (Fsp3) is 0.500. The lowest BCUT2D eigenvalue weighted by molar-refractivity contribution is -0.161. The fourth-order valence-electron chi connectivity index (χ4n) is 2.57. The van der Waals surface area contributed by atoms with Crippen molar-refractivity contribution in [2.24, 2.45) is 5.92 Å². The summed E-state index contributed by atoms with van der Waals surface area (Å²) < 4.78 is 15.5. The third kappa shape index (κ3) is 4.84. The molecule has 23 heavy (non-hydrogen) atoms. The van der Waals surface area contributed by atoms with Gasteiger partial charge in [0, 0.05) is 19.5 Å². The van der Waals surface area contributed by atoms with Crippen LogP contribution in [-0.4, -0.2) is 49.9 Å². The van der Waals surface area contributed by atoms with Crippen LogP contribution in [0.4, 0.5) is 4.79 Å². The number of carbonyl (C=O) groups is 2. The van der Waals surface area contributed by atoms with Crippen LogP contribution in [0.2, 0.25) is 0 Å². The van der Waals surface area contributed by atoms with Crippen molar-refractivity contribution in [2.75, 3.05) is 27.2 Å². The molecule has 0 spiro atoms. The molecule has 1 heterocycles. The second-order valence-electron chi connectivity index (χ2n) is 5.67. The van der Waals surface area contributed by atoms with E-state index in [4.69, 9.17) is 14.2 Å². The highest BCUT2D eigenvalue weighted by atomic mass is 35.5. The Bertz CT molecular complexity index is 539. The van der Waals surface area contributed by atoms with Gasteiger partial charge in [0.2, 0.25) is 0 Å². The number of hydrogen-bond acceptors (Lipinski definition) is 6. The molecule has 2 atom stereocenters. The first-order chi connectivity index (χ1) is 10.4. The summed E-state index contributed by atoms with van der Waals surface area (Å²) in [4.78, 5) is 26.0. The standard InChI is InChI=1S/C16H21NO5.ClH/c1-16(9-10-17(2)11-13(16)14(18)20-3)22-15(19)21-12-7-5-4-6-8-12;/h4-8,13H,9-11H2,1-3H3;1H. The molecule has 6 nitrogen and oxygen atoms in total. The van der Waals surface area contributed by atoms with Crippen molar-refractivity contribution in [3.63, 3.8) is 0 Å². The largest absolute Gasteiger partial charge is 0.514 e. The quantitative estimate of drug-likeness (QED) is 0.620. The van der Waals surface area contributed by atoms with Gasteiger partial charge in [-0.3, -0.25) is 4.79 Å². The van der Waals surface area contributed by atoms with Crippen LogP contribution in [0.3, 0.4) is 0 Å². The second kappa shape index (κ2) is 8.17.